The van der Waals surface area contributed by atoms with Crippen molar-refractivity contribution in [2.75, 3.05) is 39.3 Å². The zero-order valence-electron chi connectivity index (χ0n) is 11.1. The Morgan fingerprint density at radius 1 is 1.20 bits per heavy atom. The van der Waals surface area contributed by atoms with Crippen LogP contribution in [-0.4, -0.2) is 61.0 Å². The van der Waals surface area contributed by atoms with Gasteiger partial charge in [-0.2, -0.15) is 0 Å². The monoisotopic (exact) mass is 281 g/mol. The first-order valence-corrected chi connectivity index (χ1v) is 6.83. The number of amides is 1. The highest BCUT2D eigenvalue weighted by molar-refractivity contribution is 5.94. The van der Waals surface area contributed by atoms with Crippen molar-refractivity contribution in [3.63, 3.8) is 0 Å². The minimum atomic E-state index is -0.996. The largest absolute Gasteiger partial charge is 0.350 e. The number of halogens is 2. The Morgan fingerprint density at radius 3 is 2.55 bits per heavy atom. The molecule has 1 aromatic carbocycles. The second-order valence-corrected chi connectivity index (χ2v) is 5.33. The number of nitrogens with zero attached hydrogens (tertiary/aromatic N) is 2. The molecule has 1 N–H and O–H groups in total. The summed E-state index contributed by atoms with van der Waals surface area (Å²) in [6.45, 7) is 5.74. The van der Waals surface area contributed by atoms with E-state index in [0.29, 0.717) is 12.6 Å². The average molecular weight is 281 g/mol. The standard InChI is InChI=1S/C14H17F2N3O/c15-12-2-1-10(7-13(12)16)14(20)17-8-11-9-18-3-5-19(11)6-4-18/h1-2,7,11H,3-6,8-9H2,(H,17,20). The summed E-state index contributed by atoms with van der Waals surface area (Å²) in [5.74, 6) is -2.30. The molecule has 3 fully saturated rings. The van der Waals surface area contributed by atoms with Crippen LogP contribution >= 0.6 is 0 Å². The highest BCUT2D eigenvalue weighted by Crippen LogP contribution is 2.15. The summed E-state index contributed by atoms with van der Waals surface area (Å²) in [4.78, 5) is 16.7. The molecule has 4 rings (SSSR count). The molecule has 0 spiro atoms. The number of fused-ring (bicyclic) bond motifs is 3. The van der Waals surface area contributed by atoms with E-state index in [-0.39, 0.29) is 11.5 Å². The van der Waals surface area contributed by atoms with Crippen LogP contribution in [0.25, 0.3) is 0 Å². The molecule has 1 unspecified atom stereocenters. The predicted molar refractivity (Wildman–Crippen MR) is 70.5 cm³/mol. The van der Waals surface area contributed by atoms with Crippen molar-refractivity contribution in [3.05, 3.63) is 35.4 Å². The number of rotatable bonds is 3. The summed E-state index contributed by atoms with van der Waals surface area (Å²) < 4.78 is 25.9. The van der Waals surface area contributed by atoms with Crippen LogP contribution < -0.4 is 5.32 Å². The number of carbonyl (C=O) groups is 1. The van der Waals surface area contributed by atoms with E-state index in [9.17, 15) is 13.6 Å². The Hall–Kier alpha value is -1.53. The third-order valence-electron chi connectivity index (χ3n) is 4.07. The summed E-state index contributed by atoms with van der Waals surface area (Å²) in [6.07, 6.45) is 0. The van der Waals surface area contributed by atoms with Gasteiger partial charge in [0.1, 0.15) is 0 Å². The van der Waals surface area contributed by atoms with Crippen molar-refractivity contribution >= 4 is 5.91 Å². The number of hydrogen-bond donors (Lipinski definition) is 1. The van der Waals surface area contributed by atoms with Crippen LogP contribution in [0.2, 0.25) is 0 Å². The number of nitrogens with one attached hydrogen (secondary N) is 1. The topological polar surface area (TPSA) is 35.6 Å². The van der Waals surface area contributed by atoms with Gasteiger partial charge in [-0.05, 0) is 18.2 Å². The second kappa shape index (κ2) is 5.46. The van der Waals surface area contributed by atoms with Crippen molar-refractivity contribution in [1.29, 1.82) is 0 Å². The van der Waals surface area contributed by atoms with E-state index in [1.54, 1.807) is 0 Å². The number of benzene rings is 1. The third kappa shape index (κ3) is 2.66. The van der Waals surface area contributed by atoms with Gasteiger partial charge < -0.3 is 5.32 Å². The Kier molecular flexibility index (Phi) is 3.67. The maximum atomic E-state index is 13.1. The van der Waals surface area contributed by atoms with Crippen molar-refractivity contribution in [1.82, 2.24) is 15.1 Å². The van der Waals surface area contributed by atoms with Gasteiger partial charge in [0.2, 0.25) is 0 Å². The second-order valence-electron chi connectivity index (χ2n) is 5.33. The summed E-state index contributed by atoms with van der Waals surface area (Å²) >= 11 is 0. The fourth-order valence-corrected chi connectivity index (χ4v) is 2.87. The van der Waals surface area contributed by atoms with E-state index in [2.05, 4.69) is 15.1 Å². The van der Waals surface area contributed by atoms with Gasteiger partial charge in [-0.25, -0.2) is 8.78 Å². The van der Waals surface area contributed by atoms with E-state index in [4.69, 9.17) is 0 Å². The van der Waals surface area contributed by atoms with Gasteiger partial charge in [-0.1, -0.05) is 0 Å². The molecule has 0 saturated carbocycles. The summed E-state index contributed by atoms with van der Waals surface area (Å²) in [5.41, 5.74) is 0.153. The first kappa shape index (κ1) is 13.5. The number of carbonyl (C=O) groups excluding carboxylic acids is 1. The zero-order valence-corrected chi connectivity index (χ0v) is 11.1. The lowest BCUT2D eigenvalue weighted by Crippen LogP contribution is -2.63. The Balaban J connectivity index is 1.58. The number of piperazine rings is 3. The summed E-state index contributed by atoms with van der Waals surface area (Å²) in [7, 11) is 0. The van der Waals surface area contributed by atoms with Gasteiger partial charge >= 0.3 is 0 Å². The smallest absolute Gasteiger partial charge is 0.251 e. The van der Waals surface area contributed by atoms with Crippen molar-refractivity contribution < 1.29 is 13.6 Å². The van der Waals surface area contributed by atoms with E-state index in [0.717, 1.165) is 44.9 Å². The lowest BCUT2D eigenvalue weighted by molar-refractivity contribution is 0.0138. The van der Waals surface area contributed by atoms with E-state index in [1.807, 2.05) is 0 Å². The van der Waals surface area contributed by atoms with Crippen LogP contribution in [0.15, 0.2) is 18.2 Å². The molecule has 6 heteroatoms. The predicted octanol–water partition coefficient (Wildman–Crippen LogP) is 0.694. The van der Waals surface area contributed by atoms with Gasteiger partial charge in [0, 0.05) is 50.9 Å². The quantitative estimate of drug-likeness (QED) is 0.885. The fraction of sp³-hybridized carbons (Fsp3) is 0.500. The molecule has 3 heterocycles. The molecule has 0 aliphatic carbocycles. The van der Waals surface area contributed by atoms with E-state index in [1.165, 1.54) is 6.07 Å². The van der Waals surface area contributed by atoms with Crippen molar-refractivity contribution in [2.24, 2.45) is 0 Å². The first-order chi connectivity index (χ1) is 9.63. The highest BCUT2D eigenvalue weighted by atomic mass is 19.2. The Bertz CT molecular complexity index is 515. The van der Waals surface area contributed by atoms with Gasteiger partial charge in [0.05, 0.1) is 0 Å². The van der Waals surface area contributed by atoms with Gasteiger partial charge in [-0.3, -0.25) is 14.6 Å². The molecule has 2 bridgehead atoms. The first-order valence-electron chi connectivity index (χ1n) is 6.83. The lowest BCUT2D eigenvalue weighted by atomic mass is 10.1. The highest BCUT2D eigenvalue weighted by Gasteiger charge is 2.31. The average Bonchev–Trinajstić information content (AvgIpc) is 2.49. The van der Waals surface area contributed by atoms with E-state index >= 15 is 0 Å². The normalized spacial score (nSPS) is 28.4. The molecule has 1 atom stereocenters. The molecule has 108 valence electrons. The van der Waals surface area contributed by atoms with Gasteiger partial charge in [-0.15, -0.1) is 0 Å². The molecule has 3 saturated heterocycles. The SMILES string of the molecule is O=C(NCC1CN2CCN1CC2)c1ccc(F)c(F)c1. The molecular weight excluding hydrogens is 264 g/mol. The van der Waals surface area contributed by atoms with Crippen LogP contribution in [-0.2, 0) is 0 Å². The van der Waals surface area contributed by atoms with Crippen LogP contribution in [0.1, 0.15) is 10.4 Å². The molecule has 4 nitrogen and oxygen atoms in total. The molecule has 0 radical (unpaired) electrons. The molecule has 1 amide bonds. The molecule has 0 aromatic heterocycles. The Labute approximate surface area is 116 Å². The minimum Gasteiger partial charge on any atom is -0.350 e. The number of hydrogen-bond acceptors (Lipinski definition) is 3. The van der Waals surface area contributed by atoms with Gasteiger partial charge in [0.25, 0.3) is 5.91 Å². The minimum absolute atomic E-state index is 0.153. The maximum Gasteiger partial charge on any atom is 0.251 e. The summed E-state index contributed by atoms with van der Waals surface area (Å²) in [5, 5.41) is 2.80. The van der Waals surface area contributed by atoms with Crippen LogP contribution in [0.4, 0.5) is 8.78 Å². The van der Waals surface area contributed by atoms with Crippen LogP contribution in [0.5, 0.6) is 0 Å². The lowest BCUT2D eigenvalue weighted by Gasteiger charge is -2.47. The molecule has 20 heavy (non-hydrogen) atoms. The third-order valence-corrected chi connectivity index (χ3v) is 4.07. The van der Waals surface area contributed by atoms with Crippen LogP contribution in [0, 0.1) is 11.6 Å². The molecule has 1 aromatic rings. The maximum absolute atomic E-state index is 13.1. The van der Waals surface area contributed by atoms with Gasteiger partial charge in [0.15, 0.2) is 11.6 Å². The fourth-order valence-electron chi connectivity index (χ4n) is 2.87. The van der Waals surface area contributed by atoms with Crippen molar-refractivity contribution in [2.45, 2.75) is 6.04 Å². The van der Waals surface area contributed by atoms with Crippen LogP contribution in [0.3, 0.4) is 0 Å². The molecule has 3 aliphatic rings. The molecular formula is C14H17F2N3O. The van der Waals surface area contributed by atoms with E-state index < -0.39 is 11.6 Å². The zero-order chi connectivity index (χ0) is 14.1. The molecule has 3 aliphatic heterocycles. The van der Waals surface area contributed by atoms with Crippen molar-refractivity contribution in [3.8, 4) is 0 Å². The Morgan fingerprint density at radius 2 is 1.95 bits per heavy atom. The summed E-state index contributed by atoms with van der Waals surface area (Å²) in [6, 6.07) is 3.51.